The second kappa shape index (κ2) is 9.42. The lowest BCUT2D eigenvalue weighted by Crippen LogP contribution is -2.46. The van der Waals surface area contributed by atoms with Gasteiger partial charge in [0.05, 0.1) is 18.1 Å². The second-order valence-corrected chi connectivity index (χ2v) is 5.70. The van der Waals surface area contributed by atoms with E-state index in [4.69, 9.17) is 10.5 Å². The Kier molecular flexibility index (Phi) is 7.92. The van der Waals surface area contributed by atoms with Crippen LogP contribution in [0.2, 0.25) is 0 Å². The first-order chi connectivity index (χ1) is 11.1. The molecule has 0 aliphatic rings. The standard InChI is InChI=1S/C19H24N2O2.ClH/c1-19(15-9-5-3-6-10-15,16-11-7-4-8-12-16)21-18(22)13-17(14-20)23-2;/h3-12,17H,13-14,20H2,1-2H3,(H,21,22);1H. The average Bonchev–Trinajstić information content (AvgIpc) is 2.61. The second-order valence-electron chi connectivity index (χ2n) is 5.70. The lowest BCUT2D eigenvalue weighted by molar-refractivity contribution is -0.124. The van der Waals surface area contributed by atoms with Crippen molar-refractivity contribution in [2.24, 2.45) is 5.73 Å². The number of rotatable bonds is 7. The SMILES string of the molecule is COC(CN)CC(=O)NC(C)(c1ccccc1)c1ccccc1.Cl. The number of carbonyl (C=O) groups excluding carboxylic acids is 1. The summed E-state index contributed by atoms with van der Waals surface area (Å²) in [7, 11) is 1.57. The van der Waals surface area contributed by atoms with Crippen LogP contribution in [0.3, 0.4) is 0 Å². The fourth-order valence-corrected chi connectivity index (χ4v) is 2.65. The monoisotopic (exact) mass is 348 g/mol. The highest BCUT2D eigenvalue weighted by Crippen LogP contribution is 2.29. The van der Waals surface area contributed by atoms with Gasteiger partial charge in [0.15, 0.2) is 0 Å². The van der Waals surface area contributed by atoms with Crippen molar-refractivity contribution in [1.29, 1.82) is 0 Å². The van der Waals surface area contributed by atoms with Crippen molar-refractivity contribution in [3.8, 4) is 0 Å². The summed E-state index contributed by atoms with van der Waals surface area (Å²) in [6.45, 7) is 2.33. The van der Waals surface area contributed by atoms with Gasteiger partial charge >= 0.3 is 0 Å². The van der Waals surface area contributed by atoms with Gasteiger partial charge in [0.1, 0.15) is 0 Å². The van der Waals surface area contributed by atoms with Crippen molar-refractivity contribution in [3.05, 3.63) is 71.8 Å². The Bertz CT molecular complexity index is 576. The fraction of sp³-hybridized carbons (Fsp3) is 0.316. The van der Waals surface area contributed by atoms with Crippen LogP contribution in [-0.2, 0) is 15.1 Å². The van der Waals surface area contributed by atoms with E-state index >= 15 is 0 Å². The lowest BCUT2D eigenvalue weighted by atomic mass is 9.84. The fourth-order valence-electron chi connectivity index (χ4n) is 2.65. The molecule has 0 fully saturated rings. The van der Waals surface area contributed by atoms with Gasteiger partial charge in [0.2, 0.25) is 5.91 Å². The van der Waals surface area contributed by atoms with Gasteiger partial charge in [-0.1, -0.05) is 60.7 Å². The average molecular weight is 349 g/mol. The predicted molar refractivity (Wildman–Crippen MR) is 99.2 cm³/mol. The van der Waals surface area contributed by atoms with Gasteiger partial charge in [-0.25, -0.2) is 0 Å². The van der Waals surface area contributed by atoms with Crippen LogP contribution in [0.1, 0.15) is 24.5 Å². The minimum absolute atomic E-state index is 0. The zero-order valence-electron chi connectivity index (χ0n) is 14.1. The quantitative estimate of drug-likeness (QED) is 0.808. The molecule has 24 heavy (non-hydrogen) atoms. The molecule has 0 heterocycles. The number of halogens is 1. The van der Waals surface area contributed by atoms with Crippen molar-refractivity contribution < 1.29 is 9.53 Å². The van der Waals surface area contributed by atoms with Gasteiger partial charge in [-0.15, -0.1) is 12.4 Å². The summed E-state index contributed by atoms with van der Waals surface area (Å²) in [6.07, 6.45) is -0.0341. The van der Waals surface area contributed by atoms with E-state index in [1.54, 1.807) is 7.11 Å². The molecule has 0 aliphatic carbocycles. The molecule has 2 aromatic carbocycles. The Morgan fingerprint density at radius 3 is 1.92 bits per heavy atom. The van der Waals surface area contributed by atoms with Crippen LogP contribution < -0.4 is 11.1 Å². The molecule has 3 N–H and O–H groups in total. The molecule has 2 rings (SSSR count). The van der Waals surface area contributed by atoms with Gasteiger partial charge < -0.3 is 15.8 Å². The third-order valence-electron chi connectivity index (χ3n) is 4.10. The molecule has 5 heteroatoms. The highest BCUT2D eigenvalue weighted by molar-refractivity contribution is 5.85. The Balaban J connectivity index is 0.00000288. The zero-order valence-corrected chi connectivity index (χ0v) is 14.9. The van der Waals surface area contributed by atoms with Crippen molar-refractivity contribution in [1.82, 2.24) is 5.32 Å². The van der Waals surface area contributed by atoms with Crippen LogP contribution in [-0.4, -0.2) is 25.7 Å². The van der Waals surface area contributed by atoms with E-state index < -0.39 is 5.54 Å². The minimum Gasteiger partial charge on any atom is -0.380 e. The Morgan fingerprint density at radius 1 is 1.08 bits per heavy atom. The maximum Gasteiger partial charge on any atom is 0.223 e. The molecule has 0 saturated heterocycles. The molecule has 0 aromatic heterocycles. The number of methoxy groups -OCH3 is 1. The maximum atomic E-state index is 12.5. The predicted octanol–water partition coefficient (Wildman–Crippen LogP) is 2.85. The van der Waals surface area contributed by atoms with Crippen LogP contribution >= 0.6 is 12.4 Å². The summed E-state index contributed by atoms with van der Waals surface area (Å²) < 4.78 is 5.21. The molecule has 4 nitrogen and oxygen atoms in total. The van der Waals surface area contributed by atoms with Crippen molar-refractivity contribution in [2.75, 3.05) is 13.7 Å². The Hall–Kier alpha value is -1.88. The maximum absolute atomic E-state index is 12.5. The summed E-state index contributed by atoms with van der Waals surface area (Å²) >= 11 is 0. The molecule has 0 spiro atoms. The van der Waals surface area contributed by atoms with Crippen LogP contribution in [0.5, 0.6) is 0 Å². The Labute approximate surface area is 149 Å². The van der Waals surface area contributed by atoms with E-state index in [9.17, 15) is 4.79 Å². The number of ether oxygens (including phenoxy) is 1. The van der Waals surface area contributed by atoms with E-state index in [-0.39, 0.29) is 30.8 Å². The van der Waals surface area contributed by atoms with Gasteiger partial charge in [-0.2, -0.15) is 0 Å². The topological polar surface area (TPSA) is 64.3 Å². The van der Waals surface area contributed by atoms with Crippen molar-refractivity contribution >= 4 is 18.3 Å². The van der Waals surface area contributed by atoms with E-state index in [1.807, 2.05) is 67.6 Å². The molecule has 1 atom stereocenters. The van der Waals surface area contributed by atoms with E-state index in [2.05, 4.69) is 5.32 Å². The van der Waals surface area contributed by atoms with Gasteiger partial charge in [-0.3, -0.25) is 4.79 Å². The normalized spacial score (nSPS) is 12.1. The van der Waals surface area contributed by atoms with Crippen LogP contribution in [0.4, 0.5) is 0 Å². The highest BCUT2D eigenvalue weighted by Gasteiger charge is 2.31. The summed E-state index contributed by atoms with van der Waals surface area (Å²) in [5.74, 6) is -0.0856. The third kappa shape index (κ3) is 4.81. The van der Waals surface area contributed by atoms with E-state index in [0.717, 1.165) is 11.1 Å². The van der Waals surface area contributed by atoms with Gasteiger partial charge in [0, 0.05) is 13.7 Å². The molecule has 0 saturated carbocycles. The number of nitrogens with two attached hydrogens (primary N) is 1. The molecule has 0 bridgehead atoms. The van der Waals surface area contributed by atoms with Crippen molar-refractivity contribution in [2.45, 2.75) is 25.0 Å². The first kappa shape index (κ1) is 20.2. The van der Waals surface area contributed by atoms with E-state index in [1.165, 1.54) is 0 Å². The molecular weight excluding hydrogens is 324 g/mol. The molecule has 1 amide bonds. The summed E-state index contributed by atoms with van der Waals surface area (Å²) in [5, 5.41) is 3.15. The number of nitrogens with one attached hydrogen (secondary N) is 1. The molecule has 1 unspecified atom stereocenters. The summed E-state index contributed by atoms with van der Waals surface area (Å²) in [4.78, 5) is 12.5. The first-order valence-electron chi connectivity index (χ1n) is 7.75. The summed E-state index contributed by atoms with van der Waals surface area (Å²) in [6, 6.07) is 19.9. The molecule has 0 radical (unpaired) electrons. The number of hydrogen-bond acceptors (Lipinski definition) is 3. The largest absolute Gasteiger partial charge is 0.380 e. The zero-order chi connectivity index (χ0) is 16.7. The number of benzene rings is 2. The Morgan fingerprint density at radius 2 is 1.54 bits per heavy atom. The van der Waals surface area contributed by atoms with E-state index in [0.29, 0.717) is 6.54 Å². The van der Waals surface area contributed by atoms with Crippen molar-refractivity contribution in [3.63, 3.8) is 0 Å². The minimum atomic E-state index is -0.605. The van der Waals surface area contributed by atoms with Gasteiger partial charge in [0.25, 0.3) is 0 Å². The van der Waals surface area contributed by atoms with Crippen LogP contribution in [0.15, 0.2) is 60.7 Å². The molecule has 0 aliphatic heterocycles. The smallest absolute Gasteiger partial charge is 0.223 e. The highest BCUT2D eigenvalue weighted by atomic mass is 35.5. The third-order valence-corrected chi connectivity index (χ3v) is 4.10. The number of carbonyl (C=O) groups is 1. The molecule has 130 valence electrons. The first-order valence-corrected chi connectivity index (χ1v) is 7.75. The molecular formula is C19H25ClN2O2. The number of amides is 1. The van der Waals surface area contributed by atoms with Crippen LogP contribution in [0.25, 0.3) is 0 Å². The number of hydrogen-bond donors (Lipinski definition) is 2. The van der Waals surface area contributed by atoms with Gasteiger partial charge in [-0.05, 0) is 18.1 Å². The summed E-state index contributed by atoms with van der Waals surface area (Å²) in [5.41, 5.74) is 7.07. The molecule has 2 aromatic rings. The van der Waals surface area contributed by atoms with Crippen LogP contribution in [0, 0.1) is 0 Å². The lowest BCUT2D eigenvalue weighted by Gasteiger charge is -2.32.